The number of aliphatic carboxylic acids is 1. The summed E-state index contributed by atoms with van der Waals surface area (Å²) in [4.78, 5) is 37.8. The number of carboxylic acids is 1. The zero-order chi connectivity index (χ0) is 21.6. The van der Waals surface area contributed by atoms with Crippen LogP contribution < -0.4 is 5.32 Å². The molecule has 2 amide bonds. The Morgan fingerprint density at radius 3 is 2.52 bits per heavy atom. The van der Waals surface area contributed by atoms with Crippen molar-refractivity contribution in [1.82, 2.24) is 10.2 Å². The van der Waals surface area contributed by atoms with E-state index < -0.39 is 17.9 Å². The van der Waals surface area contributed by atoms with Crippen molar-refractivity contribution < 1.29 is 19.5 Å². The summed E-state index contributed by atoms with van der Waals surface area (Å²) >= 11 is 6.48. The molecule has 1 saturated heterocycles. The maximum absolute atomic E-state index is 12.7. The fraction of sp³-hybridized carbons (Fsp3) is 0.333. The van der Waals surface area contributed by atoms with Crippen LogP contribution in [0.3, 0.4) is 0 Å². The molecule has 8 heteroatoms. The zero-order valence-electron chi connectivity index (χ0n) is 16.5. The van der Waals surface area contributed by atoms with Crippen LogP contribution in [0.1, 0.15) is 32.8 Å². The van der Waals surface area contributed by atoms with Gasteiger partial charge >= 0.3 is 5.97 Å². The number of carbonyl (C=O) groups excluding carboxylic acids is 2. The highest BCUT2D eigenvalue weighted by atomic mass is 32.2. The lowest BCUT2D eigenvalue weighted by molar-refractivity contribution is -0.143. The van der Waals surface area contributed by atoms with Crippen molar-refractivity contribution in [2.45, 2.75) is 33.2 Å². The van der Waals surface area contributed by atoms with Gasteiger partial charge < -0.3 is 10.4 Å². The molecule has 0 spiro atoms. The summed E-state index contributed by atoms with van der Waals surface area (Å²) in [5, 5.41) is 11.7. The van der Waals surface area contributed by atoms with Crippen LogP contribution in [0.2, 0.25) is 0 Å². The molecular weight excluding hydrogens is 408 g/mol. The Kier molecular flexibility index (Phi) is 8.16. The second kappa shape index (κ2) is 10.4. The van der Waals surface area contributed by atoms with Crippen LogP contribution >= 0.6 is 24.0 Å². The SMILES string of the molecule is CC(/C=C1\SC(=S)N(CCC(=O)NC(C(=O)O)C(C)C)C1=O)=C\c1ccccc1. The Hall–Kier alpha value is -2.45. The number of nitrogens with zero attached hydrogens (tertiary/aromatic N) is 1. The Morgan fingerprint density at radius 1 is 1.28 bits per heavy atom. The lowest BCUT2D eigenvalue weighted by Crippen LogP contribution is -2.45. The van der Waals surface area contributed by atoms with E-state index in [0.29, 0.717) is 9.23 Å². The van der Waals surface area contributed by atoms with Crippen molar-refractivity contribution >= 4 is 52.2 Å². The van der Waals surface area contributed by atoms with Gasteiger partial charge in [-0.25, -0.2) is 4.79 Å². The van der Waals surface area contributed by atoms with Crippen molar-refractivity contribution in [2.75, 3.05) is 6.54 Å². The first kappa shape index (κ1) is 22.8. The third-order valence-corrected chi connectivity index (χ3v) is 5.62. The number of hydrogen-bond acceptors (Lipinski definition) is 5. The van der Waals surface area contributed by atoms with Gasteiger partial charge in [-0.15, -0.1) is 0 Å². The van der Waals surface area contributed by atoms with Gasteiger partial charge in [-0.1, -0.05) is 74.2 Å². The number of amides is 2. The molecule has 0 aliphatic carbocycles. The van der Waals surface area contributed by atoms with E-state index in [2.05, 4.69) is 5.32 Å². The van der Waals surface area contributed by atoms with Crippen LogP contribution in [0.5, 0.6) is 0 Å². The van der Waals surface area contributed by atoms with E-state index in [0.717, 1.165) is 11.1 Å². The third-order valence-electron chi connectivity index (χ3n) is 4.24. The van der Waals surface area contributed by atoms with Gasteiger partial charge in [-0.2, -0.15) is 0 Å². The molecule has 0 radical (unpaired) electrons. The second-order valence-electron chi connectivity index (χ2n) is 7.01. The highest BCUT2D eigenvalue weighted by Gasteiger charge is 2.32. The molecule has 1 aliphatic rings. The molecule has 0 aromatic heterocycles. The first-order valence-electron chi connectivity index (χ1n) is 9.20. The van der Waals surface area contributed by atoms with Crippen LogP contribution in [0.4, 0.5) is 0 Å². The fourth-order valence-corrected chi connectivity index (χ4v) is 4.08. The number of thiocarbonyl (C=S) groups is 1. The maximum Gasteiger partial charge on any atom is 0.326 e. The molecule has 1 heterocycles. The number of allylic oxidation sites excluding steroid dienone is 2. The van der Waals surface area contributed by atoms with Gasteiger partial charge in [-0.3, -0.25) is 14.5 Å². The van der Waals surface area contributed by atoms with Gasteiger partial charge in [0.2, 0.25) is 5.91 Å². The predicted octanol–water partition coefficient (Wildman–Crippen LogP) is 3.45. The van der Waals surface area contributed by atoms with Crippen molar-refractivity contribution in [3.63, 3.8) is 0 Å². The molecule has 29 heavy (non-hydrogen) atoms. The fourth-order valence-electron chi connectivity index (χ4n) is 2.73. The summed E-state index contributed by atoms with van der Waals surface area (Å²) in [5.41, 5.74) is 1.95. The van der Waals surface area contributed by atoms with E-state index in [4.69, 9.17) is 17.3 Å². The number of carboxylic acid groups (broad SMARTS) is 1. The normalized spacial score (nSPS) is 17.2. The van der Waals surface area contributed by atoms with Gasteiger partial charge in [-0.05, 0) is 30.1 Å². The molecule has 0 saturated carbocycles. The van der Waals surface area contributed by atoms with Gasteiger partial charge in [0, 0.05) is 13.0 Å². The molecule has 154 valence electrons. The number of hydrogen-bond donors (Lipinski definition) is 2. The minimum absolute atomic E-state index is 0.0188. The summed E-state index contributed by atoms with van der Waals surface area (Å²) in [7, 11) is 0. The van der Waals surface area contributed by atoms with E-state index in [1.807, 2.05) is 43.3 Å². The minimum atomic E-state index is -1.08. The molecule has 1 unspecified atom stereocenters. The molecule has 1 atom stereocenters. The number of carbonyl (C=O) groups is 3. The third kappa shape index (κ3) is 6.54. The monoisotopic (exact) mass is 432 g/mol. The zero-order valence-corrected chi connectivity index (χ0v) is 18.2. The second-order valence-corrected chi connectivity index (χ2v) is 8.69. The number of thioether (sulfide) groups is 1. The predicted molar refractivity (Wildman–Crippen MR) is 119 cm³/mol. The van der Waals surface area contributed by atoms with Crippen molar-refractivity contribution in [3.05, 3.63) is 52.4 Å². The number of rotatable bonds is 8. The van der Waals surface area contributed by atoms with Gasteiger partial charge in [0.25, 0.3) is 5.91 Å². The Bertz CT molecular complexity index is 863. The van der Waals surface area contributed by atoms with Crippen molar-refractivity contribution in [1.29, 1.82) is 0 Å². The van der Waals surface area contributed by atoms with Gasteiger partial charge in [0.1, 0.15) is 10.4 Å². The van der Waals surface area contributed by atoms with Crippen molar-refractivity contribution in [3.8, 4) is 0 Å². The molecule has 2 rings (SSSR count). The molecular formula is C21H24N2O4S2. The minimum Gasteiger partial charge on any atom is -0.480 e. The topological polar surface area (TPSA) is 86.7 Å². The largest absolute Gasteiger partial charge is 0.480 e. The Morgan fingerprint density at radius 2 is 1.93 bits per heavy atom. The molecule has 1 aromatic carbocycles. The van der Waals surface area contributed by atoms with E-state index in [1.165, 1.54) is 16.7 Å². The number of benzene rings is 1. The lowest BCUT2D eigenvalue weighted by Gasteiger charge is -2.19. The molecule has 1 aliphatic heterocycles. The summed E-state index contributed by atoms with van der Waals surface area (Å²) in [6, 6.07) is 8.81. The lowest BCUT2D eigenvalue weighted by atomic mass is 10.0. The van der Waals surface area contributed by atoms with Crippen LogP contribution in [0.15, 0.2) is 46.9 Å². The Labute approximate surface area is 180 Å². The summed E-state index contributed by atoms with van der Waals surface area (Å²) in [6.45, 7) is 5.46. The maximum atomic E-state index is 12.7. The van der Waals surface area contributed by atoms with E-state index >= 15 is 0 Å². The van der Waals surface area contributed by atoms with E-state index in [1.54, 1.807) is 19.9 Å². The highest BCUT2D eigenvalue weighted by Crippen LogP contribution is 2.32. The van der Waals surface area contributed by atoms with Crippen LogP contribution in [0.25, 0.3) is 6.08 Å². The molecule has 1 aromatic rings. The van der Waals surface area contributed by atoms with Gasteiger partial charge in [0.05, 0.1) is 4.91 Å². The molecule has 0 bridgehead atoms. The smallest absolute Gasteiger partial charge is 0.326 e. The van der Waals surface area contributed by atoms with Crippen molar-refractivity contribution in [2.24, 2.45) is 5.92 Å². The summed E-state index contributed by atoms with van der Waals surface area (Å²) in [6.07, 6.45) is 3.73. The van der Waals surface area contributed by atoms with E-state index in [-0.39, 0.29) is 24.8 Å². The van der Waals surface area contributed by atoms with Crippen LogP contribution in [-0.4, -0.2) is 44.7 Å². The van der Waals surface area contributed by atoms with E-state index in [9.17, 15) is 14.4 Å². The highest BCUT2D eigenvalue weighted by molar-refractivity contribution is 8.26. The molecule has 2 N–H and O–H groups in total. The molecule has 6 nitrogen and oxygen atoms in total. The summed E-state index contributed by atoms with van der Waals surface area (Å²) < 4.78 is 0.389. The van der Waals surface area contributed by atoms with Crippen LogP contribution in [-0.2, 0) is 14.4 Å². The quantitative estimate of drug-likeness (QED) is 0.483. The average Bonchev–Trinajstić information content (AvgIpc) is 2.91. The van der Waals surface area contributed by atoms with Crippen LogP contribution in [0, 0.1) is 5.92 Å². The first-order chi connectivity index (χ1) is 13.7. The molecule has 1 fully saturated rings. The average molecular weight is 433 g/mol. The number of nitrogens with one attached hydrogen (secondary N) is 1. The van der Waals surface area contributed by atoms with Gasteiger partial charge in [0.15, 0.2) is 0 Å². The Balaban J connectivity index is 1.99. The standard InChI is InChI=1S/C21H24N2O4S2/c1-13(2)18(20(26)27)22-17(24)9-10-23-19(25)16(29-21(23)28)12-14(3)11-15-7-5-4-6-8-15/h4-8,11-13,18H,9-10H2,1-3H3,(H,22,24)(H,26,27)/b14-11+,16-12-. The summed E-state index contributed by atoms with van der Waals surface area (Å²) in [5.74, 6) is -1.99. The first-order valence-corrected chi connectivity index (χ1v) is 10.4.